The Bertz CT molecular complexity index is 808. The van der Waals surface area contributed by atoms with Crippen molar-refractivity contribution in [3.05, 3.63) is 52.5 Å². The Morgan fingerprint density at radius 3 is 2.48 bits per heavy atom. The van der Waals surface area contributed by atoms with E-state index in [-0.39, 0.29) is 17.3 Å². The largest absolute Gasteiger partial charge is 0.336 e. The van der Waals surface area contributed by atoms with E-state index in [2.05, 4.69) is 15.1 Å². The fourth-order valence-electron chi connectivity index (χ4n) is 3.31. The van der Waals surface area contributed by atoms with Crippen molar-refractivity contribution in [2.24, 2.45) is 5.92 Å². The zero-order valence-corrected chi connectivity index (χ0v) is 14.0. The molecule has 0 unspecified atom stereocenters. The molecule has 2 aromatic rings. The highest BCUT2D eigenvalue weighted by molar-refractivity contribution is 5.90. The second-order valence-corrected chi connectivity index (χ2v) is 6.86. The molecule has 0 bridgehead atoms. The van der Waals surface area contributed by atoms with Crippen molar-refractivity contribution >= 4 is 5.91 Å². The molecular weight excluding hydrogens is 318 g/mol. The highest BCUT2D eigenvalue weighted by Gasteiger charge is 2.27. The molecule has 1 saturated carbocycles. The van der Waals surface area contributed by atoms with Crippen molar-refractivity contribution in [2.75, 3.05) is 13.1 Å². The van der Waals surface area contributed by atoms with E-state index < -0.39 is 0 Å². The zero-order valence-electron chi connectivity index (χ0n) is 14.0. The van der Waals surface area contributed by atoms with E-state index in [1.807, 2.05) is 6.07 Å². The highest BCUT2D eigenvalue weighted by Crippen LogP contribution is 2.38. The van der Waals surface area contributed by atoms with Crippen LogP contribution in [0, 0.1) is 5.92 Å². The van der Waals surface area contributed by atoms with Gasteiger partial charge in [0.2, 0.25) is 5.82 Å². The lowest BCUT2D eigenvalue weighted by Crippen LogP contribution is -2.41. The Morgan fingerprint density at radius 2 is 1.80 bits per heavy atom. The Balaban J connectivity index is 1.37. The van der Waals surface area contributed by atoms with Crippen LogP contribution in [-0.2, 0) is 6.54 Å². The fourth-order valence-corrected chi connectivity index (χ4v) is 3.31. The summed E-state index contributed by atoms with van der Waals surface area (Å²) >= 11 is 0. The first-order chi connectivity index (χ1) is 12.2. The van der Waals surface area contributed by atoms with E-state index in [0.717, 1.165) is 18.5 Å². The molecule has 0 spiro atoms. The zero-order chi connectivity index (χ0) is 17.2. The van der Waals surface area contributed by atoms with Gasteiger partial charge in [0.1, 0.15) is 0 Å². The van der Waals surface area contributed by atoms with Crippen molar-refractivity contribution in [1.29, 1.82) is 0 Å². The fraction of sp³-hybridized carbons (Fsp3) is 0.500. The number of carbonyl (C=O) groups is 1. The van der Waals surface area contributed by atoms with Gasteiger partial charge in [-0.05, 0) is 43.7 Å². The lowest BCUT2D eigenvalue weighted by Gasteiger charge is -2.31. The number of likely N-dealkylation sites (tertiary alicyclic amines) is 1. The van der Waals surface area contributed by atoms with Crippen LogP contribution >= 0.6 is 0 Å². The van der Waals surface area contributed by atoms with E-state index in [1.54, 1.807) is 34.1 Å². The maximum Gasteiger partial charge on any atom is 0.291 e. The van der Waals surface area contributed by atoms with Crippen LogP contribution in [0.2, 0.25) is 0 Å². The standard InChI is InChI=1S/C18H21N5O2/c24-16-5-4-15(14-2-3-14)21-23(16)12-13-6-10-22(11-7-13)18(25)17-19-8-1-9-20-17/h1,4-5,8-9,13-14H,2-3,6-7,10-12H2. The predicted octanol–water partition coefficient (Wildman–Crippen LogP) is 1.46. The average molecular weight is 339 g/mol. The lowest BCUT2D eigenvalue weighted by molar-refractivity contribution is 0.0668. The van der Waals surface area contributed by atoms with E-state index in [9.17, 15) is 9.59 Å². The molecule has 1 aliphatic heterocycles. The van der Waals surface area contributed by atoms with Gasteiger partial charge in [-0.25, -0.2) is 14.6 Å². The number of rotatable bonds is 4. The van der Waals surface area contributed by atoms with Gasteiger partial charge in [0.05, 0.1) is 5.69 Å². The minimum Gasteiger partial charge on any atom is -0.336 e. The average Bonchev–Trinajstić information content (AvgIpc) is 3.49. The van der Waals surface area contributed by atoms with E-state index in [4.69, 9.17) is 0 Å². The van der Waals surface area contributed by atoms with Gasteiger partial charge in [-0.2, -0.15) is 5.10 Å². The molecule has 2 aliphatic rings. The molecule has 2 fully saturated rings. The Labute approximate surface area is 145 Å². The molecule has 7 nitrogen and oxygen atoms in total. The van der Waals surface area contributed by atoms with E-state index in [0.29, 0.717) is 31.5 Å². The van der Waals surface area contributed by atoms with Gasteiger partial charge in [0.25, 0.3) is 11.5 Å². The summed E-state index contributed by atoms with van der Waals surface area (Å²) in [5, 5.41) is 4.53. The van der Waals surface area contributed by atoms with Crippen molar-refractivity contribution in [3.8, 4) is 0 Å². The first-order valence-electron chi connectivity index (χ1n) is 8.85. The number of piperidine rings is 1. The molecular formula is C18H21N5O2. The quantitative estimate of drug-likeness (QED) is 0.842. The monoisotopic (exact) mass is 339 g/mol. The number of carbonyl (C=O) groups excluding carboxylic acids is 1. The van der Waals surface area contributed by atoms with Crippen LogP contribution in [0.5, 0.6) is 0 Å². The summed E-state index contributed by atoms with van der Waals surface area (Å²) in [6, 6.07) is 5.19. The normalized spacial score (nSPS) is 18.3. The van der Waals surface area contributed by atoms with E-state index in [1.165, 1.54) is 12.8 Å². The maximum absolute atomic E-state index is 12.4. The van der Waals surface area contributed by atoms with Gasteiger partial charge in [-0.15, -0.1) is 0 Å². The Hall–Kier alpha value is -2.57. The van der Waals surface area contributed by atoms with Gasteiger partial charge in [0.15, 0.2) is 0 Å². The van der Waals surface area contributed by atoms with Crippen LogP contribution in [0.15, 0.2) is 35.4 Å². The first-order valence-corrected chi connectivity index (χ1v) is 8.85. The minimum absolute atomic E-state index is 0.0411. The number of amides is 1. The lowest BCUT2D eigenvalue weighted by atomic mass is 9.96. The Kier molecular flexibility index (Phi) is 4.29. The summed E-state index contributed by atoms with van der Waals surface area (Å²) in [6.07, 6.45) is 7.23. The molecule has 25 heavy (non-hydrogen) atoms. The number of hydrogen-bond donors (Lipinski definition) is 0. The van der Waals surface area contributed by atoms with Crippen LogP contribution in [0.25, 0.3) is 0 Å². The first kappa shape index (κ1) is 15.9. The molecule has 0 aromatic carbocycles. The molecule has 0 N–H and O–H groups in total. The summed E-state index contributed by atoms with van der Waals surface area (Å²) in [7, 11) is 0. The van der Waals surface area contributed by atoms with Crippen molar-refractivity contribution < 1.29 is 4.79 Å². The molecule has 3 heterocycles. The molecule has 1 amide bonds. The minimum atomic E-state index is -0.120. The molecule has 2 aromatic heterocycles. The van der Waals surface area contributed by atoms with Crippen LogP contribution in [0.1, 0.15) is 47.9 Å². The van der Waals surface area contributed by atoms with E-state index >= 15 is 0 Å². The van der Waals surface area contributed by atoms with Crippen LogP contribution < -0.4 is 5.56 Å². The van der Waals surface area contributed by atoms with Gasteiger partial charge in [0, 0.05) is 44.0 Å². The summed E-state index contributed by atoms with van der Waals surface area (Å²) in [5.41, 5.74) is 0.994. The number of aromatic nitrogens is 4. The third kappa shape index (κ3) is 3.60. The summed E-state index contributed by atoms with van der Waals surface area (Å²) in [5.74, 6) is 1.03. The van der Waals surface area contributed by atoms with Crippen LogP contribution in [-0.4, -0.2) is 43.6 Å². The maximum atomic E-state index is 12.4. The van der Waals surface area contributed by atoms with Gasteiger partial charge in [-0.1, -0.05) is 0 Å². The van der Waals surface area contributed by atoms with Crippen LogP contribution in [0.3, 0.4) is 0 Å². The topological polar surface area (TPSA) is 81.0 Å². The summed E-state index contributed by atoms with van der Waals surface area (Å²) in [4.78, 5) is 34.3. The number of hydrogen-bond acceptors (Lipinski definition) is 5. The second-order valence-electron chi connectivity index (χ2n) is 6.86. The predicted molar refractivity (Wildman–Crippen MR) is 91.1 cm³/mol. The van der Waals surface area contributed by atoms with Gasteiger partial charge < -0.3 is 4.90 Å². The third-order valence-electron chi connectivity index (χ3n) is 4.97. The Morgan fingerprint density at radius 1 is 1.08 bits per heavy atom. The van der Waals surface area contributed by atoms with Gasteiger partial charge in [-0.3, -0.25) is 9.59 Å². The van der Waals surface area contributed by atoms with Crippen molar-refractivity contribution in [2.45, 2.75) is 38.1 Å². The molecule has 1 saturated heterocycles. The highest BCUT2D eigenvalue weighted by atomic mass is 16.2. The van der Waals surface area contributed by atoms with Gasteiger partial charge >= 0.3 is 0 Å². The summed E-state index contributed by atoms with van der Waals surface area (Å²) in [6.45, 7) is 1.96. The molecule has 7 heteroatoms. The number of nitrogens with zero attached hydrogens (tertiary/aromatic N) is 5. The van der Waals surface area contributed by atoms with Crippen molar-refractivity contribution in [3.63, 3.8) is 0 Å². The molecule has 0 radical (unpaired) electrons. The summed E-state index contributed by atoms with van der Waals surface area (Å²) < 4.78 is 1.61. The molecule has 130 valence electrons. The molecule has 4 rings (SSSR count). The smallest absolute Gasteiger partial charge is 0.291 e. The molecule has 0 atom stereocenters. The molecule has 1 aliphatic carbocycles. The second kappa shape index (κ2) is 6.74. The third-order valence-corrected chi connectivity index (χ3v) is 4.97. The SMILES string of the molecule is O=C(c1ncccn1)N1CCC(Cn2nc(C3CC3)ccc2=O)CC1. The van der Waals surface area contributed by atoms with Crippen molar-refractivity contribution in [1.82, 2.24) is 24.6 Å². The van der Waals surface area contributed by atoms with Crippen LogP contribution in [0.4, 0.5) is 0 Å².